The van der Waals surface area contributed by atoms with Gasteiger partial charge in [-0.1, -0.05) is 60.7 Å². The minimum Gasteiger partial charge on any atom is -0.463 e. The molecule has 2 aliphatic heterocycles. The summed E-state index contributed by atoms with van der Waals surface area (Å²) in [5.41, 5.74) is 1.82. The normalized spacial score (nSPS) is 25.0. The maximum atomic E-state index is 11.3. The molecule has 0 aromatic heterocycles. The fourth-order valence-electron chi connectivity index (χ4n) is 3.30. The van der Waals surface area contributed by atoms with Crippen molar-refractivity contribution in [1.82, 2.24) is 0 Å². The number of carbonyl (C=O) groups is 1. The third kappa shape index (κ3) is 4.25. The predicted molar refractivity (Wildman–Crippen MR) is 101 cm³/mol. The fourth-order valence-corrected chi connectivity index (χ4v) is 3.30. The van der Waals surface area contributed by atoms with Crippen LogP contribution in [0.5, 0.6) is 0 Å². The number of hydrogen-bond donors (Lipinski definition) is 0. The van der Waals surface area contributed by atoms with Crippen LogP contribution in [0, 0.1) is 0 Å². The molecular weight excluding hydrogens is 346 g/mol. The summed E-state index contributed by atoms with van der Waals surface area (Å²) in [5, 5.41) is 0. The Morgan fingerprint density at radius 1 is 0.963 bits per heavy atom. The molecule has 3 atom stereocenters. The Bertz CT molecular complexity index is 759. The van der Waals surface area contributed by atoms with E-state index in [-0.39, 0.29) is 18.7 Å². The summed E-state index contributed by atoms with van der Waals surface area (Å²) in [7, 11) is -1.07. The molecule has 27 heavy (non-hydrogen) atoms. The molecule has 2 fully saturated rings. The highest BCUT2D eigenvalue weighted by atomic mass is 16.7. The first-order valence-corrected chi connectivity index (χ1v) is 9.02. The van der Waals surface area contributed by atoms with Crippen LogP contribution in [-0.2, 0) is 28.1 Å². The van der Waals surface area contributed by atoms with E-state index in [2.05, 4.69) is 0 Å². The zero-order chi connectivity index (χ0) is 18.6. The summed E-state index contributed by atoms with van der Waals surface area (Å²) in [6.07, 6.45) is -1.17. The van der Waals surface area contributed by atoms with Crippen molar-refractivity contribution in [2.45, 2.75) is 25.2 Å². The highest BCUT2D eigenvalue weighted by molar-refractivity contribution is 6.62. The first-order chi connectivity index (χ1) is 13.2. The highest BCUT2D eigenvalue weighted by Gasteiger charge is 2.48. The topological polar surface area (TPSA) is 63.2 Å². The molecule has 8 heteroatoms. The monoisotopic (exact) mass is 366 g/mol. The van der Waals surface area contributed by atoms with Gasteiger partial charge in [0.25, 0.3) is 0 Å². The van der Waals surface area contributed by atoms with E-state index in [4.69, 9.17) is 23.4 Å². The van der Waals surface area contributed by atoms with E-state index in [0.717, 1.165) is 10.9 Å². The lowest BCUT2D eigenvalue weighted by molar-refractivity contribution is -0.158. The zero-order valence-corrected chi connectivity index (χ0v) is 15.0. The first-order valence-electron chi connectivity index (χ1n) is 9.02. The molecule has 4 rings (SSSR count). The molecule has 0 radical (unpaired) electrons. The predicted octanol–water partition coefficient (Wildman–Crippen LogP) is 0.540. The fraction of sp³-hybridized carbons (Fsp3) is 0.316. The van der Waals surface area contributed by atoms with Crippen LogP contribution in [0.4, 0.5) is 0 Å². The third-order valence-corrected chi connectivity index (χ3v) is 4.62. The molecule has 6 nitrogen and oxygen atoms in total. The van der Waals surface area contributed by atoms with E-state index in [1.165, 1.54) is 6.92 Å². The summed E-state index contributed by atoms with van der Waals surface area (Å²) in [4.78, 5) is 11.3. The molecule has 2 aliphatic rings. The SMILES string of the molecule is CC(=O)OCC1OB(c2ccccc2)OC2COB(c3ccccc3)OC21. The van der Waals surface area contributed by atoms with Crippen LogP contribution in [0.25, 0.3) is 0 Å². The molecule has 2 saturated heterocycles. The van der Waals surface area contributed by atoms with Crippen LogP contribution >= 0.6 is 0 Å². The maximum absolute atomic E-state index is 11.3. The van der Waals surface area contributed by atoms with E-state index in [9.17, 15) is 4.79 Å². The quantitative estimate of drug-likeness (QED) is 0.582. The van der Waals surface area contributed by atoms with Crippen molar-refractivity contribution >= 4 is 31.1 Å². The molecule has 0 saturated carbocycles. The van der Waals surface area contributed by atoms with Gasteiger partial charge in [0, 0.05) is 6.92 Å². The Labute approximate surface area is 159 Å². The third-order valence-electron chi connectivity index (χ3n) is 4.62. The lowest BCUT2D eigenvalue weighted by atomic mass is 9.74. The van der Waals surface area contributed by atoms with Crippen LogP contribution in [0.3, 0.4) is 0 Å². The molecule has 2 aromatic carbocycles. The van der Waals surface area contributed by atoms with Crippen LogP contribution in [0.2, 0.25) is 0 Å². The number of esters is 1. The van der Waals surface area contributed by atoms with E-state index in [1.54, 1.807) is 0 Å². The summed E-state index contributed by atoms with van der Waals surface area (Å²) >= 11 is 0. The van der Waals surface area contributed by atoms with Crippen LogP contribution in [0.15, 0.2) is 60.7 Å². The second-order valence-electron chi connectivity index (χ2n) is 6.57. The van der Waals surface area contributed by atoms with Crippen molar-refractivity contribution in [3.05, 3.63) is 60.7 Å². The van der Waals surface area contributed by atoms with Crippen LogP contribution in [0.1, 0.15) is 6.92 Å². The van der Waals surface area contributed by atoms with Crippen LogP contribution < -0.4 is 10.9 Å². The average Bonchev–Trinajstić information content (AvgIpc) is 2.72. The summed E-state index contributed by atoms with van der Waals surface area (Å²) in [5.74, 6) is -0.357. The van der Waals surface area contributed by atoms with E-state index in [1.807, 2.05) is 60.7 Å². The van der Waals surface area contributed by atoms with Gasteiger partial charge in [0.05, 0.1) is 18.8 Å². The second-order valence-corrected chi connectivity index (χ2v) is 6.57. The maximum Gasteiger partial charge on any atom is 0.494 e. The van der Waals surface area contributed by atoms with Crippen molar-refractivity contribution in [1.29, 1.82) is 0 Å². The molecule has 2 aromatic rings. The van der Waals surface area contributed by atoms with Gasteiger partial charge in [-0.15, -0.1) is 0 Å². The lowest BCUT2D eigenvalue weighted by Crippen LogP contribution is -2.65. The molecule has 3 unspecified atom stereocenters. The number of carbonyl (C=O) groups excluding carboxylic acids is 1. The number of hydrogen-bond acceptors (Lipinski definition) is 6. The molecule has 0 N–H and O–H groups in total. The van der Waals surface area contributed by atoms with Gasteiger partial charge in [0.2, 0.25) is 0 Å². The van der Waals surface area contributed by atoms with Gasteiger partial charge < -0.3 is 23.4 Å². The number of ether oxygens (including phenoxy) is 1. The van der Waals surface area contributed by atoms with Gasteiger partial charge in [-0.3, -0.25) is 4.79 Å². The van der Waals surface area contributed by atoms with Gasteiger partial charge in [-0.2, -0.15) is 0 Å². The van der Waals surface area contributed by atoms with Gasteiger partial charge in [0.15, 0.2) is 0 Å². The Morgan fingerprint density at radius 2 is 1.59 bits per heavy atom. The van der Waals surface area contributed by atoms with Gasteiger partial charge in [-0.25, -0.2) is 0 Å². The number of benzene rings is 2. The summed E-state index contributed by atoms with van der Waals surface area (Å²) in [6.45, 7) is 1.85. The highest BCUT2D eigenvalue weighted by Crippen LogP contribution is 2.25. The minimum atomic E-state index is -0.562. The Balaban J connectivity index is 1.53. The van der Waals surface area contributed by atoms with Gasteiger partial charge >= 0.3 is 20.2 Å². The van der Waals surface area contributed by atoms with Crippen molar-refractivity contribution in [3.8, 4) is 0 Å². The summed E-state index contributed by atoms with van der Waals surface area (Å²) in [6, 6.07) is 19.4. The minimum absolute atomic E-state index is 0.102. The molecule has 0 spiro atoms. The van der Waals surface area contributed by atoms with E-state index >= 15 is 0 Å². The molecule has 0 amide bonds. The Morgan fingerprint density at radius 3 is 2.22 bits per heavy atom. The van der Waals surface area contributed by atoms with Crippen molar-refractivity contribution in [2.75, 3.05) is 13.2 Å². The number of fused-ring (bicyclic) bond motifs is 1. The molecule has 0 aliphatic carbocycles. The second kappa shape index (κ2) is 8.27. The lowest BCUT2D eigenvalue weighted by Gasteiger charge is -2.44. The first kappa shape index (κ1) is 18.3. The molecule has 2 heterocycles. The average molecular weight is 366 g/mol. The van der Waals surface area contributed by atoms with Crippen molar-refractivity contribution in [2.24, 2.45) is 0 Å². The van der Waals surface area contributed by atoms with Crippen molar-refractivity contribution < 1.29 is 28.1 Å². The smallest absolute Gasteiger partial charge is 0.463 e. The van der Waals surface area contributed by atoms with Crippen LogP contribution in [-0.4, -0.2) is 51.7 Å². The van der Waals surface area contributed by atoms with Gasteiger partial charge in [0.1, 0.15) is 12.7 Å². The van der Waals surface area contributed by atoms with E-state index in [0.29, 0.717) is 6.61 Å². The Kier molecular flexibility index (Phi) is 5.59. The molecule has 0 bridgehead atoms. The van der Waals surface area contributed by atoms with Gasteiger partial charge in [-0.05, 0) is 10.9 Å². The Hall–Kier alpha value is -2.12. The zero-order valence-electron chi connectivity index (χ0n) is 15.0. The standard InChI is InChI=1S/C19H20B2O6/c1-14(22)23-12-17-19-18(26-21(25-17)16-10-6-3-7-11-16)13-24-20(27-19)15-8-4-2-5-9-15/h2-11,17-19H,12-13H2,1H3. The molecule has 138 valence electrons. The number of rotatable bonds is 4. The summed E-state index contributed by atoms with van der Waals surface area (Å²) < 4.78 is 29.4. The molecular formula is C19H20B2O6. The van der Waals surface area contributed by atoms with Crippen molar-refractivity contribution in [3.63, 3.8) is 0 Å². The largest absolute Gasteiger partial charge is 0.494 e. The van der Waals surface area contributed by atoms with E-state index < -0.39 is 26.4 Å².